The molecule has 1 aliphatic carbocycles. The lowest BCUT2D eigenvalue weighted by atomic mass is 10.1. The molecule has 0 spiro atoms. The highest BCUT2D eigenvalue weighted by Gasteiger charge is 2.35. The van der Waals surface area contributed by atoms with E-state index in [0.717, 1.165) is 18.9 Å². The molecule has 1 saturated heterocycles. The molecule has 0 bridgehead atoms. The van der Waals surface area contributed by atoms with Crippen LogP contribution >= 0.6 is 0 Å². The molecule has 0 aromatic heterocycles. The fraction of sp³-hybridized carbons (Fsp3) is 0.550. The summed E-state index contributed by atoms with van der Waals surface area (Å²) in [5, 5.41) is 2.70. The molecule has 152 valence electrons. The molecule has 2 aliphatic rings. The lowest BCUT2D eigenvalue weighted by Gasteiger charge is -2.25. The van der Waals surface area contributed by atoms with E-state index in [9.17, 15) is 23.2 Å². The van der Waals surface area contributed by atoms with Crippen LogP contribution in [0, 0.1) is 17.6 Å². The van der Waals surface area contributed by atoms with E-state index >= 15 is 0 Å². The summed E-state index contributed by atoms with van der Waals surface area (Å²) in [4.78, 5) is 38.0. The largest absolute Gasteiger partial charge is 0.467 e. The van der Waals surface area contributed by atoms with Gasteiger partial charge in [0, 0.05) is 31.0 Å². The van der Waals surface area contributed by atoms with Crippen LogP contribution in [0.15, 0.2) is 18.2 Å². The fourth-order valence-corrected chi connectivity index (χ4v) is 3.59. The van der Waals surface area contributed by atoms with Gasteiger partial charge in [0.2, 0.25) is 11.8 Å². The number of rotatable bonds is 8. The summed E-state index contributed by atoms with van der Waals surface area (Å²) in [6, 6.07) is 2.70. The Labute approximate surface area is 162 Å². The number of nitrogens with zero attached hydrogens (tertiary/aromatic N) is 1. The maximum absolute atomic E-state index is 14.0. The number of hydrogen-bond donors (Lipinski definition) is 1. The molecular weight excluding hydrogens is 370 g/mol. The molecule has 2 atom stereocenters. The second kappa shape index (κ2) is 8.67. The van der Waals surface area contributed by atoms with E-state index in [1.807, 2.05) is 0 Å². The molecule has 1 aromatic rings. The summed E-state index contributed by atoms with van der Waals surface area (Å²) < 4.78 is 32.1. The van der Waals surface area contributed by atoms with Gasteiger partial charge in [0.05, 0.1) is 7.11 Å². The quantitative estimate of drug-likeness (QED) is 0.687. The molecule has 1 aromatic carbocycles. The van der Waals surface area contributed by atoms with Gasteiger partial charge in [0.1, 0.15) is 6.04 Å². The van der Waals surface area contributed by atoms with Gasteiger partial charge in [-0.15, -0.1) is 0 Å². The first kappa shape index (κ1) is 20.2. The van der Waals surface area contributed by atoms with Gasteiger partial charge in [-0.25, -0.2) is 13.6 Å². The fourth-order valence-electron chi connectivity index (χ4n) is 3.59. The summed E-state index contributed by atoms with van der Waals surface area (Å²) >= 11 is 0. The Kier molecular flexibility index (Phi) is 6.26. The van der Waals surface area contributed by atoms with Crippen LogP contribution in [0.4, 0.5) is 8.78 Å². The van der Waals surface area contributed by atoms with E-state index in [4.69, 9.17) is 4.74 Å². The number of esters is 1. The van der Waals surface area contributed by atoms with E-state index in [0.29, 0.717) is 18.8 Å². The summed E-state index contributed by atoms with van der Waals surface area (Å²) in [7, 11) is 1.28. The molecule has 2 amide bonds. The Bertz CT molecular complexity index is 767. The number of benzene rings is 1. The van der Waals surface area contributed by atoms with Crippen LogP contribution in [-0.2, 0) is 25.7 Å². The van der Waals surface area contributed by atoms with E-state index in [2.05, 4.69) is 5.32 Å². The van der Waals surface area contributed by atoms with Gasteiger partial charge in [-0.1, -0.05) is 25.0 Å². The zero-order valence-electron chi connectivity index (χ0n) is 15.7. The number of hydrogen-bond acceptors (Lipinski definition) is 4. The third kappa shape index (κ3) is 4.85. The predicted molar refractivity (Wildman–Crippen MR) is 95.8 cm³/mol. The van der Waals surface area contributed by atoms with Crippen LogP contribution in [0.5, 0.6) is 0 Å². The molecule has 1 saturated carbocycles. The number of methoxy groups -OCH3 is 1. The van der Waals surface area contributed by atoms with Crippen LogP contribution in [0.3, 0.4) is 0 Å². The normalized spacial score (nSPS) is 20.2. The third-order valence-electron chi connectivity index (χ3n) is 5.33. The monoisotopic (exact) mass is 394 g/mol. The minimum atomic E-state index is -0.986. The van der Waals surface area contributed by atoms with Gasteiger partial charge in [0.15, 0.2) is 11.6 Å². The number of amides is 2. The van der Waals surface area contributed by atoms with E-state index < -0.39 is 29.7 Å². The standard InChI is InChI=1S/C20H24F2N2O4/c1-28-20(27)16(9-12-5-6-12)23-17(25)10-14-7-8-18(26)24(14)11-13-3-2-4-15(21)19(13)22/h2-4,12,14,16H,5-11H2,1H3,(H,23,25)/t14-,16-/m0/s1. The van der Waals surface area contributed by atoms with Crippen LogP contribution < -0.4 is 5.32 Å². The van der Waals surface area contributed by atoms with E-state index in [1.54, 1.807) is 0 Å². The van der Waals surface area contributed by atoms with Crippen LogP contribution in [0.2, 0.25) is 0 Å². The number of likely N-dealkylation sites (tertiary alicyclic amines) is 1. The van der Waals surface area contributed by atoms with Crippen molar-refractivity contribution in [2.24, 2.45) is 5.92 Å². The summed E-state index contributed by atoms with van der Waals surface area (Å²) in [6.07, 6.45) is 3.31. The molecule has 1 aliphatic heterocycles. The van der Waals surface area contributed by atoms with Crippen molar-refractivity contribution in [3.05, 3.63) is 35.4 Å². The van der Waals surface area contributed by atoms with Crippen molar-refractivity contribution < 1.29 is 27.9 Å². The van der Waals surface area contributed by atoms with Gasteiger partial charge in [-0.2, -0.15) is 0 Å². The molecule has 3 rings (SSSR count). The zero-order valence-corrected chi connectivity index (χ0v) is 15.7. The van der Waals surface area contributed by atoms with Crippen molar-refractivity contribution in [1.29, 1.82) is 0 Å². The molecule has 1 heterocycles. The summed E-state index contributed by atoms with van der Waals surface area (Å²) in [5.41, 5.74) is 0.0711. The second-order valence-corrected chi connectivity index (χ2v) is 7.45. The van der Waals surface area contributed by atoms with Crippen molar-refractivity contribution in [2.75, 3.05) is 7.11 Å². The minimum absolute atomic E-state index is 0.000829. The lowest BCUT2D eigenvalue weighted by Crippen LogP contribution is -2.44. The molecule has 0 radical (unpaired) electrons. The molecule has 28 heavy (non-hydrogen) atoms. The van der Waals surface area contributed by atoms with Crippen molar-refractivity contribution >= 4 is 17.8 Å². The smallest absolute Gasteiger partial charge is 0.328 e. The first-order chi connectivity index (χ1) is 13.4. The topological polar surface area (TPSA) is 75.7 Å². The SMILES string of the molecule is COC(=O)[C@H](CC1CC1)NC(=O)C[C@@H]1CCC(=O)N1Cc1cccc(F)c1F. The minimum Gasteiger partial charge on any atom is -0.467 e. The van der Waals surface area contributed by atoms with Crippen LogP contribution in [-0.4, -0.2) is 41.9 Å². The maximum atomic E-state index is 14.0. The lowest BCUT2D eigenvalue weighted by molar-refractivity contribution is -0.145. The Hall–Kier alpha value is -2.51. The molecule has 8 heteroatoms. The van der Waals surface area contributed by atoms with E-state index in [1.165, 1.54) is 24.1 Å². The predicted octanol–water partition coefficient (Wildman–Crippen LogP) is 2.30. The third-order valence-corrected chi connectivity index (χ3v) is 5.33. The van der Waals surface area contributed by atoms with Crippen molar-refractivity contribution in [3.8, 4) is 0 Å². The van der Waals surface area contributed by atoms with Crippen molar-refractivity contribution in [1.82, 2.24) is 10.2 Å². The molecule has 2 fully saturated rings. The van der Waals surface area contributed by atoms with Gasteiger partial charge >= 0.3 is 5.97 Å². The first-order valence-corrected chi connectivity index (χ1v) is 9.48. The number of carbonyl (C=O) groups excluding carboxylic acids is 3. The van der Waals surface area contributed by atoms with Crippen molar-refractivity contribution in [2.45, 2.75) is 57.2 Å². The Morgan fingerprint density at radius 1 is 1.29 bits per heavy atom. The molecule has 1 N–H and O–H groups in total. The van der Waals surface area contributed by atoms with Crippen LogP contribution in [0.1, 0.15) is 44.1 Å². The van der Waals surface area contributed by atoms with E-state index in [-0.39, 0.29) is 36.8 Å². The van der Waals surface area contributed by atoms with Crippen LogP contribution in [0.25, 0.3) is 0 Å². The van der Waals surface area contributed by atoms with Crippen molar-refractivity contribution in [3.63, 3.8) is 0 Å². The average Bonchev–Trinajstić information content (AvgIpc) is 3.43. The molecule has 0 unspecified atom stereocenters. The highest BCUT2D eigenvalue weighted by atomic mass is 19.2. The maximum Gasteiger partial charge on any atom is 0.328 e. The van der Waals surface area contributed by atoms with Gasteiger partial charge in [-0.3, -0.25) is 9.59 Å². The number of halogens is 2. The Morgan fingerprint density at radius 3 is 2.71 bits per heavy atom. The average molecular weight is 394 g/mol. The highest BCUT2D eigenvalue weighted by molar-refractivity contribution is 5.86. The number of ether oxygens (including phenoxy) is 1. The van der Waals surface area contributed by atoms with Gasteiger partial charge < -0.3 is 15.0 Å². The first-order valence-electron chi connectivity index (χ1n) is 9.48. The zero-order chi connectivity index (χ0) is 20.3. The highest BCUT2D eigenvalue weighted by Crippen LogP contribution is 2.34. The summed E-state index contributed by atoms with van der Waals surface area (Å²) in [5.74, 6) is -2.59. The van der Waals surface area contributed by atoms with Gasteiger partial charge in [-0.05, 0) is 24.8 Å². The molecule has 6 nitrogen and oxygen atoms in total. The van der Waals surface area contributed by atoms with Gasteiger partial charge in [0.25, 0.3) is 0 Å². The number of nitrogens with one attached hydrogen (secondary N) is 1. The second-order valence-electron chi connectivity index (χ2n) is 7.45. The molecular formula is C20H24F2N2O4. The number of carbonyl (C=O) groups is 3. The Morgan fingerprint density at radius 2 is 2.04 bits per heavy atom. The Balaban J connectivity index is 1.62. The summed E-state index contributed by atoms with van der Waals surface area (Å²) in [6.45, 7) is -0.0944.